The fraction of sp³-hybridized carbons (Fsp3) is 0.857. The molecule has 2 aliphatic heterocycles. The highest BCUT2D eigenvalue weighted by Gasteiger charge is 2.39. The van der Waals surface area contributed by atoms with Gasteiger partial charge in [-0.25, -0.2) is 4.79 Å². The van der Waals surface area contributed by atoms with Crippen molar-refractivity contribution in [3.05, 3.63) is 0 Å². The third-order valence-electron chi connectivity index (χ3n) is 4.59. The zero-order chi connectivity index (χ0) is 14.2. The number of aliphatic carboxylic acids is 1. The van der Waals surface area contributed by atoms with Crippen LogP contribution in [0.25, 0.3) is 0 Å². The summed E-state index contributed by atoms with van der Waals surface area (Å²) in [6.45, 7) is 8.86. The van der Waals surface area contributed by atoms with Gasteiger partial charge in [0.25, 0.3) is 0 Å². The lowest BCUT2D eigenvalue weighted by Crippen LogP contribution is -2.47. The normalized spacial score (nSPS) is 30.5. The molecule has 0 radical (unpaired) electrons. The number of likely N-dealkylation sites (tertiary alicyclic amines) is 2. The molecule has 108 valence electrons. The first-order valence-electron chi connectivity index (χ1n) is 7.07. The summed E-state index contributed by atoms with van der Waals surface area (Å²) in [7, 11) is 0. The maximum atomic E-state index is 12.4. The molecule has 2 rings (SSSR count). The summed E-state index contributed by atoms with van der Waals surface area (Å²) in [5.41, 5.74) is 0.318. The minimum Gasteiger partial charge on any atom is -0.481 e. The molecule has 2 heterocycles. The molecule has 2 fully saturated rings. The third kappa shape index (κ3) is 3.01. The van der Waals surface area contributed by atoms with Gasteiger partial charge in [0.15, 0.2) is 0 Å². The molecule has 0 bridgehead atoms. The van der Waals surface area contributed by atoms with Gasteiger partial charge in [0.05, 0.1) is 5.92 Å². The number of amides is 2. The smallest absolute Gasteiger partial charge is 0.320 e. The topological polar surface area (TPSA) is 60.9 Å². The van der Waals surface area contributed by atoms with E-state index < -0.39 is 11.9 Å². The van der Waals surface area contributed by atoms with Crippen molar-refractivity contribution in [2.45, 2.75) is 33.6 Å². The van der Waals surface area contributed by atoms with Gasteiger partial charge in [0, 0.05) is 26.2 Å². The van der Waals surface area contributed by atoms with Crippen LogP contribution in [0.5, 0.6) is 0 Å². The molecule has 2 atom stereocenters. The molecule has 0 aromatic rings. The van der Waals surface area contributed by atoms with Gasteiger partial charge in [0.2, 0.25) is 0 Å². The van der Waals surface area contributed by atoms with Crippen LogP contribution in [0.15, 0.2) is 0 Å². The van der Waals surface area contributed by atoms with Gasteiger partial charge in [-0.1, -0.05) is 20.8 Å². The maximum Gasteiger partial charge on any atom is 0.320 e. The molecule has 0 aromatic carbocycles. The number of carbonyl (C=O) groups is 2. The van der Waals surface area contributed by atoms with E-state index >= 15 is 0 Å². The van der Waals surface area contributed by atoms with E-state index in [1.807, 2.05) is 11.8 Å². The van der Waals surface area contributed by atoms with Gasteiger partial charge in [-0.05, 0) is 24.2 Å². The predicted molar refractivity (Wildman–Crippen MR) is 71.8 cm³/mol. The van der Waals surface area contributed by atoms with Crippen LogP contribution in [0.4, 0.5) is 4.79 Å². The summed E-state index contributed by atoms with van der Waals surface area (Å²) in [6.07, 6.45) is 2.04. The number of urea groups is 1. The first-order chi connectivity index (χ1) is 8.80. The number of piperidine rings is 1. The van der Waals surface area contributed by atoms with Crippen LogP contribution in [-0.4, -0.2) is 53.1 Å². The lowest BCUT2D eigenvalue weighted by Gasteiger charge is -2.38. The zero-order valence-corrected chi connectivity index (χ0v) is 12.1. The summed E-state index contributed by atoms with van der Waals surface area (Å²) < 4.78 is 0. The second-order valence-corrected chi connectivity index (χ2v) is 6.76. The van der Waals surface area contributed by atoms with E-state index in [-0.39, 0.29) is 11.9 Å². The standard InChI is InChI=1S/C14H24N2O3/c1-10-8-16(9-11(10)12(17)18)13(19)15-6-4-14(2,3)5-7-15/h10-11H,4-9H2,1-3H3,(H,17,18)/t10-,11-/m1/s1. The van der Waals surface area contributed by atoms with Gasteiger partial charge in [-0.2, -0.15) is 0 Å². The quantitative estimate of drug-likeness (QED) is 0.790. The van der Waals surface area contributed by atoms with Gasteiger partial charge in [-0.15, -0.1) is 0 Å². The average Bonchev–Trinajstić information content (AvgIpc) is 2.70. The van der Waals surface area contributed by atoms with Gasteiger partial charge < -0.3 is 14.9 Å². The first-order valence-corrected chi connectivity index (χ1v) is 7.07. The Hall–Kier alpha value is -1.26. The predicted octanol–water partition coefficient (Wildman–Crippen LogP) is 1.88. The van der Waals surface area contributed by atoms with Crippen molar-refractivity contribution in [2.24, 2.45) is 17.3 Å². The van der Waals surface area contributed by atoms with E-state index in [1.165, 1.54) is 0 Å². The molecule has 19 heavy (non-hydrogen) atoms. The molecule has 0 aliphatic carbocycles. The number of carbonyl (C=O) groups excluding carboxylic acids is 1. The maximum absolute atomic E-state index is 12.4. The largest absolute Gasteiger partial charge is 0.481 e. The van der Waals surface area contributed by atoms with Crippen molar-refractivity contribution in [1.82, 2.24) is 9.80 Å². The molecule has 0 unspecified atom stereocenters. The monoisotopic (exact) mass is 268 g/mol. The number of rotatable bonds is 1. The molecule has 2 aliphatic rings. The zero-order valence-electron chi connectivity index (χ0n) is 12.1. The highest BCUT2D eigenvalue weighted by molar-refractivity contribution is 5.77. The fourth-order valence-corrected chi connectivity index (χ4v) is 2.95. The Morgan fingerprint density at radius 3 is 2.16 bits per heavy atom. The van der Waals surface area contributed by atoms with E-state index in [4.69, 9.17) is 5.11 Å². The second kappa shape index (κ2) is 5.02. The Morgan fingerprint density at radius 1 is 1.11 bits per heavy atom. The van der Waals surface area contributed by atoms with E-state index in [1.54, 1.807) is 4.90 Å². The van der Waals surface area contributed by atoms with E-state index in [9.17, 15) is 9.59 Å². The van der Waals surface area contributed by atoms with Crippen LogP contribution in [-0.2, 0) is 4.79 Å². The Bertz CT molecular complexity index is 371. The summed E-state index contributed by atoms with van der Waals surface area (Å²) in [6, 6.07) is 0.0195. The van der Waals surface area contributed by atoms with Crippen LogP contribution >= 0.6 is 0 Å². The van der Waals surface area contributed by atoms with Crippen molar-refractivity contribution in [3.63, 3.8) is 0 Å². The molecule has 2 amide bonds. The average molecular weight is 268 g/mol. The van der Waals surface area contributed by atoms with Crippen molar-refractivity contribution >= 4 is 12.0 Å². The van der Waals surface area contributed by atoms with E-state index in [0.717, 1.165) is 25.9 Å². The van der Waals surface area contributed by atoms with E-state index in [0.29, 0.717) is 18.5 Å². The van der Waals surface area contributed by atoms with E-state index in [2.05, 4.69) is 13.8 Å². The second-order valence-electron chi connectivity index (χ2n) is 6.76. The number of hydrogen-bond acceptors (Lipinski definition) is 2. The molecule has 0 spiro atoms. The summed E-state index contributed by atoms with van der Waals surface area (Å²) in [5.74, 6) is -1.16. The Kier molecular flexibility index (Phi) is 3.74. The van der Waals surface area contributed by atoms with Crippen LogP contribution in [0, 0.1) is 17.3 Å². The fourth-order valence-electron chi connectivity index (χ4n) is 2.95. The van der Waals surface area contributed by atoms with Crippen molar-refractivity contribution in [3.8, 4) is 0 Å². The molecule has 2 saturated heterocycles. The molecule has 5 nitrogen and oxygen atoms in total. The van der Waals surface area contributed by atoms with Crippen LogP contribution in [0.1, 0.15) is 33.6 Å². The van der Waals surface area contributed by atoms with Crippen molar-refractivity contribution in [1.29, 1.82) is 0 Å². The Morgan fingerprint density at radius 2 is 1.68 bits per heavy atom. The lowest BCUT2D eigenvalue weighted by molar-refractivity contribution is -0.142. The highest BCUT2D eigenvalue weighted by atomic mass is 16.4. The van der Waals surface area contributed by atoms with Crippen LogP contribution in [0.2, 0.25) is 0 Å². The van der Waals surface area contributed by atoms with Gasteiger partial charge >= 0.3 is 12.0 Å². The molecular weight excluding hydrogens is 244 g/mol. The van der Waals surface area contributed by atoms with Gasteiger partial charge in [-0.3, -0.25) is 4.79 Å². The highest BCUT2D eigenvalue weighted by Crippen LogP contribution is 2.31. The van der Waals surface area contributed by atoms with Crippen LogP contribution in [0.3, 0.4) is 0 Å². The number of nitrogens with zero attached hydrogens (tertiary/aromatic N) is 2. The molecule has 0 saturated carbocycles. The summed E-state index contributed by atoms with van der Waals surface area (Å²) in [4.78, 5) is 27.1. The minimum absolute atomic E-state index is 0.0195. The molecular formula is C14H24N2O3. The van der Waals surface area contributed by atoms with Crippen LogP contribution < -0.4 is 0 Å². The molecule has 1 N–H and O–H groups in total. The molecule has 0 aromatic heterocycles. The van der Waals surface area contributed by atoms with Crippen molar-refractivity contribution in [2.75, 3.05) is 26.2 Å². The SMILES string of the molecule is C[C@@H]1CN(C(=O)N2CCC(C)(C)CC2)C[C@H]1C(=O)O. The summed E-state index contributed by atoms with van der Waals surface area (Å²) in [5, 5.41) is 9.11. The minimum atomic E-state index is -0.789. The van der Waals surface area contributed by atoms with Gasteiger partial charge in [0.1, 0.15) is 0 Å². The third-order valence-corrected chi connectivity index (χ3v) is 4.59. The number of carboxylic acid groups (broad SMARTS) is 1. The number of hydrogen-bond donors (Lipinski definition) is 1. The Balaban J connectivity index is 1.93. The Labute approximate surface area is 114 Å². The number of carboxylic acids is 1. The summed E-state index contributed by atoms with van der Waals surface area (Å²) >= 11 is 0. The lowest BCUT2D eigenvalue weighted by atomic mass is 9.83. The first kappa shape index (κ1) is 14.2. The molecule has 5 heteroatoms. The van der Waals surface area contributed by atoms with Crippen molar-refractivity contribution < 1.29 is 14.7 Å².